The summed E-state index contributed by atoms with van der Waals surface area (Å²) in [6.45, 7) is 4.22. The van der Waals surface area contributed by atoms with Crippen LogP contribution >= 0.6 is 12.2 Å². The van der Waals surface area contributed by atoms with Crippen LogP contribution in [-0.4, -0.2) is 19.6 Å². The summed E-state index contributed by atoms with van der Waals surface area (Å²) in [5.74, 6) is 0. The molecule has 1 saturated heterocycles. The van der Waals surface area contributed by atoms with Gasteiger partial charge in [0.2, 0.25) is 0 Å². The van der Waals surface area contributed by atoms with Gasteiger partial charge in [-0.1, -0.05) is 18.2 Å². The molecule has 0 amide bonds. The van der Waals surface area contributed by atoms with Crippen LogP contribution < -0.4 is 10.2 Å². The van der Waals surface area contributed by atoms with Crippen LogP contribution in [0.3, 0.4) is 0 Å². The lowest BCUT2D eigenvalue weighted by molar-refractivity contribution is 0.548. The molecule has 0 unspecified atom stereocenters. The van der Waals surface area contributed by atoms with E-state index in [1.165, 1.54) is 5.56 Å². The Morgan fingerprint density at radius 1 is 0.903 bits per heavy atom. The minimum atomic E-state index is -0.0843. The number of nitrogens with zero attached hydrogens (tertiary/aromatic N) is 4. The molecule has 3 aromatic heterocycles. The largest absolute Gasteiger partial charge is 0.351 e. The molecule has 5 rings (SSSR count). The fourth-order valence-corrected chi connectivity index (χ4v) is 4.69. The number of aryl methyl sites for hydroxylation is 2. The Labute approximate surface area is 187 Å². The molecule has 2 atom stereocenters. The molecule has 4 heterocycles. The van der Waals surface area contributed by atoms with E-state index in [9.17, 15) is 0 Å². The van der Waals surface area contributed by atoms with E-state index in [4.69, 9.17) is 12.2 Å². The number of benzene rings is 1. The number of hydrogen-bond acceptors (Lipinski definition) is 3. The Kier molecular flexibility index (Phi) is 5.00. The predicted octanol–water partition coefficient (Wildman–Crippen LogP) is 5.06. The van der Waals surface area contributed by atoms with Crippen LogP contribution in [0.15, 0.2) is 85.3 Å². The third kappa shape index (κ3) is 3.49. The number of rotatable bonds is 4. The molecule has 1 aliphatic heterocycles. The molecule has 0 radical (unpaired) electrons. The molecule has 31 heavy (non-hydrogen) atoms. The topological polar surface area (TPSA) is 46.0 Å². The van der Waals surface area contributed by atoms with Crippen LogP contribution in [0.5, 0.6) is 0 Å². The van der Waals surface area contributed by atoms with Gasteiger partial charge in [-0.2, -0.15) is 0 Å². The average molecular weight is 426 g/mol. The van der Waals surface area contributed by atoms with Gasteiger partial charge in [-0.15, -0.1) is 0 Å². The summed E-state index contributed by atoms with van der Waals surface area (Å²) in [5.41, 5.74) is 6.53. The highest BCUT2D eigenvalue weighted by Crippen LogP contribution is 2.42. The molecule has 0 saturated carbocycles. The van der Waals surface area contributed by atoms with E-state index in [1.54, 1.807) is 6.20 Å². The van der Waals surface area contributed by atoms with Crippen molar-refractivity contribution in [2.75, 3.05) is 4.90 Å². The van der Waals surface area contributed by atoms with Gasteiger partial charge in [0.1, 0.15) is 6.04 Å². The predicted molar refractivity (Wildman–Crippen MR) is 127 cm³/mol. The highest BCUT2D eigenvalue weighted by Gasteiger charge is 2.42. The van der Waals surface area contributed by atoms with Crippen LogP contribution in [0, 0.1) is 13.8 Å². The standard InChI is InChI=1S/C25H23N5S/c1-17-7-5-8-19(15-17)30-24(23(28-25(30)31)21-10-3-4-14-27-21)22-12-11-18(2)29(22)20-9-6-13-26-16-20/h3-16,23-24H,1-2H3,(H,28,31)/t23-,24-/m0/s1. The summed E-state index contributed by atoms with van der Waals surface area (Å²) < 4.78 is 2.26. The summed E-state index contributed by atoms with van der Waals surface area (Å²) >= 11 is 5.85. The molecule has 1 fully saturated rings. The Morgan fingerprint density at radius 3 is 2.52 bits per heavy atom. The number of thiocarbonyl (C=S) groups is 1. The van der Waals surface area contributed by atoms with Gasteiger partial charge in [0, 0.05) is 29.5 Å². The summed E-state index contributed by atoms with van der Waals surface area (Å²) in [6.07, 6.45) is 5.52. The zero-order chi connectivity index (χ0) is 21.4. The number of anilines is 1. The SMILES string of the molecule is Cc1cccc(N2C(=S)N[C@@H](c3ccccn3)[C@@H]2c2ccc(C)n2-c2cccnc2)c1. The maximum Gasteiger partial charge on any atom is 0.174 e. The van der Waals surface area contributed by atoms with E-state index in [0.717, 1.165) is 28.5 Å². The molecule has 6 heteroatoms. The Hall–Kier alpha value is -3.51. The van der Waals surface area contributed by atoms with Crippen LogP contribution in [0.25, 0.3) is 5.69 Å². The molecular weight excluding hydrogens is 402 g/mol. The van der Waals surface area contributed by atoms with Crippen LogP contribution in [0.2, 0.25) is 0 Å². The molecule has 0 bridgehead atoms. The minimum absolute atomic E-state index is 0.0712. The van der Waals surface area contributed by atoms with Crippen molar-refractivity contribution in [3.63, 3.8) is 0 Å². The summed E-state index contributed by atoms with van der Waals surface area (Å²) in [6, 6.07) is 22.7. The van der Waals surface area contributed by atoms with Gasteiger partial charge < -0.3 is 14.8 Å². The lowest BCUT2D eigenvalue weighted by atomic mass is 10.0. The van der Waals surface area contributed by atoms with Crippen molar-refractivity contribution in [2.45, 2.75) is 25.9 Å². The highest BCUT2D eigenvalue weighted by atomic mass is 32.1. The molecule has 1 aliphatic rings. The Balaban J connectivity index is 1.71. The smallest absolute Gasteiger partial charge is 0.174 e. The highest BCUT2D eigenvalue weighted by molar-refractivity contribution is 7.80. The fraction of sp³-hybridized carbons (Fsp3) is 0.160. The molecule has 5 nitrogen and oxygen atoms in total. The van der Waals surface area contributed by atoms with Crippen molar-refractivity contribution in [3.05, 3.63) is 108 Å². The van der Waals surface area contributed by atoms with Gasteiger partial charge in [-0.25, -0.2) is 0 Å². The maximum atomic E-state index is 5.85. The summed E-state index contributed by atoms with van der Waals surface area (Å²) in [7, 11) is 0. The third-order valence-electron chi connectivity index (χ3n) is 5.69. The van der Waals surface area contributed by atoms with Crippen molar-refractivity contribution >= 4 is 23.0 Å². The van der Waals surface area contributed by atoms with Gasteiger partial charge >= 0.3 is 0 Å². The second-order valence-corrected chi connectivity index (χ2v) is 8.17. The summed E-state index contributed by atoms with van der Waals surface area (Å²) in [5, 5.41) is 4.24. The lowest BCUT2D eigenvalue weighted by Crippen LogP contribution is -2.30. The number of aromatic nitrogens is 3. The van der Waals surface area contributed by atoms with Crippen LogP contribution in [0.1, 0.15) is 34.7 Å². The van der Waals surface area contributed by atoms with E-state index >= 15 is 0 Å². The van der Waals surface area contributed by atoms with Crippen molar-refractivity contribution in [1.29, 1.82) is 0 Å². The van der Waals surface area contributed by atoms with E-state index in [1.807, 2.05) is 30.6 Å². The monoisotopic (exact) mass is 425 g/mol. The Morgan fingerprint density at radius 2 is 1.77 bits per heavy atom. The van der Waals surface area contributed by atoms with Gasteiger partial charge in [0.05, 0.1) is 23.6 Å². The Bertz CT molecular complexity index is 1220. The van der Waals surface area contributed by atoms with Gasteiger partial charge in [-0.05, 0) is 80.2 Å². The second-order valence-electron chi connectivity index (χ2n) is 7.78. The van der Waals surface area contributed by atoms with E-state index in [2.05, 4.69) is 87.1 Å². The van der Waals surface area contributed by atoms with Gasteiger partial charge in [0.15, 0.2) is 5.11 Å². The number of nitrogens with one attached hydrogen (secondary N) is 1. The summed E-state index contributed by atoms with van der Waals surface area (Å²) in [4.78, 5) is 11.2. The minimum Gasteiger partial charge on any atom is -0.351 e. The fourth-order valence-electron chi connectivity index (χ4n) is 4.34. The molecule has 0 aliphatic carbocycles. The van der Waals surface area contributed by atoms with E-state index in [-0.39, 0.29) is 12.1 Å². The van der Waals surface area contributed by atoms with Crippen LogP contribution in [-0.2, 0) is 0 Å². The molecule has 0 spiro atoms. The molecular formula is C25H23N5S. The molecule has 154 valence electrons. The number of hydrogen-bond donors (Lipinski definition) is 1. The first-order valence-electron chi connectivity index (χ1n) is 10.3. The van der Waals surface area contributed by atoms with E-state index in [0.29, 0.717) is 5.11 Å². The van der Waals surface area contributed by atoms with Crippen molar-refractivity contribution in [2.24, 2.45) is 0 Å². The van der Waals surface area contributed by atoms with Gasteiger partial charge in [-0.3, -0.25) is 9.97 Å². The molecule has 1 N–H and O–H groups in total. The first kappa shape index (κ1) is 19.5. The zero-order valence-corrected chi connectivity index (χ0v) is 18.3. The zero-order valence-electron chi connectivity index (χ0n) is 17.4. The average Bonchev–Trinajstić information content (AvgIpc) is 3.34. The molecule has 1 aromatic carbocycles. The normalized spacial score (nSPS) is 18.3. The number of pyridine rings is 2. The maximum absolute atomic E-state index is 5.85. The van der Waals surface area contributed by atoms with Crippen molar-refractivity contribution in [1.82, 2.24) is 19.9 Å². The third-order valence-corrected chi connectivity index (χ3v) is 6.01. The second kappa shape index (κ2) is 7.96. The van der Waals surface area contributed by atoms with E-state index < -0.39 is 0 Å². The van der Waals surface area contributed by atoms with Crippen molar-refractivity contribution < 1.29 is 0 Å². The van der Waals surface area contributed by atoms with Crippen molar-refractivity contribution in [3.8, 4) is 5.69 Å². The van der Waals surface area contributed by atoms with Crippen LogP contribution in [0.4, 0.5) is 5.69 Å². The quantitative estimate of drug-likeness (QED) is 0.463. The lowest BCUT2D eigenvalue weighted by Gasteiger charge is -2.29. The van der Waals surface area contributed by atoms with Gasteiger partial charge in [0.25, 0.3) is 0 Å². The first-order valence-corrected chi connectivity index (χ1v) is 10.7. The first-order chi connectivity index (χ1) is 15.1. The molecule has 4 aromatic rings.